The van der Waals surface area contributed by atoms with Gasteiger partial charge in [0, 0.05) is 0 Å². The molecule has 0 aromatic heterocycles. The van der Waals surface area contributed by atoms with Gasteiger partial charge in [0.25, 0.3) is 0 Å². The fourth-order valence-corrected chi connectivity index (χ4v) is 3.34. The second-order valence-corrected chi connectivity index (χ2v) is 6.48. The fraction of sp³-hybridized carbons (Fsp3) is 0.188. The zero-order valence-electron chi connectivity index (χ0n) is 12.1. The van der Waals surface area contributed by atoms with Crippen LogP contribution in [0, 0.1) is 0 Å². The lowest BCUT2D eigenvalue weighted by molar-refractivity contribution is -0.142. The maximum Gasteiger partial charge on any atom is 0.328 e. The van der Waals surface area contributed by atoms with E-state index in [4.69, 9.17) is 4.74 Å². The highest BCUT2D eigenvalue weighted by Gasteiger charge is 2.26. The molecule has 22 heavy (non-hydrogen) atoms. The van der Waals surface area contributed by atoms with Gasteiger partial charge >= 0.3 is 5.97 Å². The lowest BCUT2D eigenvalue weighted by Gasteiger charge is -2.17. The molecule has 0 saturated carbocycles. The maximum absolute atomic E-state index is 12.3. The standard InChI is InChI=1S/C16H17NO4S/c1-21-16(18)15(14-10-6-3-7-11-14)17-22(19,20)12-13-8-4-2-5-9-13/h2-11,15,17H,12H2,1H3/t15-/m0/s1. The second kappa shape index (κ2) is 7.20. The third-order valence-corrected chi connectivity index (χ3v) is 4.37. The molecule has 0 spiro atoms. The average Bonchev–Trinajstić information content (AvgIpc) is 2.53. The van der Waals surface area contributed by atoms with Gasteiger partial charge in [-0.1, -0.05) is 60.7 Å². The molecule has 1 N–H and O–H groups in total. The topological polar surface area (TPSA) is 72.5 Å². The Bertz CT molecular complexity index is 714. The van der Waals surface area contributed by atoms with Crippen LogP contribution in [0.3, 0.4) is 0 Å². The van der Waals surface area contributed by atoms with Gasteiger partial charge in [0.1, 0.15) is 6.04 Å². The number of benzene rings is 2. The fourth-order valence-electron chi connectivity index (χ4n) is 2.03. The van der Waals surface area contributed by atoms with Gasteiger partial charge in [-0.3, -0.25) is 0 Å². The molecule has 2 aromatic rings. The molecule has 0 radical (unpaired) electrons. The summed E-state index contributed by atoms with van der Waals surface area (Å²) in [7, 11) is -2.46. The molecule has 0 bridgehead atoms. The molecular formula is C16H17NO4S. The normalized spacial score (nSPS) is 12.6. The first-order valence-electron chi connectivity index (χ1n) is 6.68. The van der Waals surface area contributed by atoms with E-state index in [0.717, 1.165) is 0 Å². The number of nitrogens with one attached hydrogen (secondary N) is 1. The first-order chi connectivity index (χ1) is 10.5. The van der Waals surface area contributed by atoms with Crippen molar-refractivity contribution in [3.63, 3.8) is 0 Å². The molecule has 2 rings (SSSR count). The monoisotopic (exact) mass is 319 g/mol. The number of hydrogen-bond acceptors (Lipinski definition) is 4. The number of carbonyl (C=O) groups excluding carboxylic acids is 1. The number of ether oxygens (including phenoxy) is 1. The summed E-state index contributed by atoms with van der Waals surface area (Å²) in [5, 5.41) is 0. The van der Waals surface area contributed by atoms with Crippen LogP contribution in [-0.4, -0.2) is 21.5 Å². The zero-order chi connectivity index (χ0) is 16.0. The van der Waals surface area contributed by atoms with Crippen molar-refractivity contribution in [2.45, 2.75) is 11.8 Å². The van der Waals surface area contributed by atoms with Crippen LogP contribution in [0.4, 0.5) is 0 Å². The number of sulfonamides is 1. The van der Waals surface area contributed by atoms with E-state index < -0.39 is 22.0 Å². The lowest BCUT2D eigenvalue weighted by atomic mass is 10.1. The van der Waals surface area contributed by atoms with Crippen LogP contribution in [0.15, 0.2) is 60.7 Å². The first kappa shape index (κ1) is 16.2. The van der Waals surface area contributed by atoms with Gasteiger partial charge in [-0.2, -0.15) is 4.72 Å². The van der Waals surface area contributed by atoms with E-state index in [1.165, 1.54) is 7.11 Å². The van der Waals surface area contributed by atoms with Gasteiger partial charge in [-0.25, -0.2) is 13.2 Å². The van der Waals surface area contributed by atoms with Crippen LogP contribution in [0.25, 0.3) is 0 Å². The van der Waals surface area contributed by atoms with Gasteiger partial charge in [-0.05, 0) is 11.1 Å². The number of methoxy groups -OCH3 is 1. The molecule has 1 atom stereocenters. The summed E-state index contributed by atoms with van der Waals surface area (Å²) in [6.45, 7) is 0. The van der Waals surface area contributed by atoms with Crippen molar-refractivity contribution in [1.82, 2.24) is 4.72 Å². The van der Waals surface area contributed by atoms with E-state index in [1.807, 2.05) is 6.07 Å². The highest BCUT2D eigenvalue weighted by Crippen LogP contribution is 2.16. The summed E-state index contributed by atoms with van der Waals surface area (Å²) in [5.41, 5.74) is 1.18. The molecule has 0 fully saturated rings. The summed E-state index contributed by atoms with van der Waals surface area (Å²) in [4.78, 5) is 11.9. The Labute approximate surface area is 130 Å². The SMILES string of the molecule is COC(=O)[C@@H](NS(=O)(=O)Cc1ccccc1)c1ccccc1. The van der Waals surface area contributed by atoms with Crippen LogP contribution in [-0.2, 0) is 25.3 Å². The van der Waals surface area contributed by atoms with Crippen LogP contribution in [0.2, 0.25) is 0 Å². The second-order valence-electron chi connectivity index (χ2n) is 4.73. The molecule has 0 amide bonds. The smallest absolute Gasteiger partial charge is 0.328 e. The Kier molecular flexibility index (Phi) is 5.30. The van der Waals surface area contributed by atoms with Crippen molar-refractivity contribution < 1.29 is 17.9 Å². The quantitative estimate of drug-likeness (QED) is 0.827. The van der Waals surface area contributed by atoms with E-state index in [9.17, 15) is 13.2 Å². The van der Waals surface area contributed by atoms with Gasteiger partial charge in [0.15, 0.2) is 0 Å². The molecular weight excluding hydrogens is 302 g/mol. The predicted molar refractivity (Wildman–Crippen MR) is 83.4 cm³/mol. The minimum absolute atomic E-state index is 0.200. The van der Waals surface area contributed by atoms with E-state index in [0.29, 0.717) is 11.1 Å². The minimum Gasteiger partial charge on any atom is -0.468 e. The van der Waals surface area contributed by atoms with E-state index in [2.05, 4.69) is 4.72 Å². The molecule has 0 aliphatic rings. The Hall–Kier alpha value is -2.18. The van der Waals surface area contributed by atoms with Crippen molar-refractivity contribution in [2.75, 3.05) is 7.11 Å². The minimum atomic E-state index is -3.69. The van der Waals surface area contributed by atoms with Crippen molar-refractivity contribution in [1.29, 1.82) is 0 Å². The molecule has 5 nitrogen and oxygen atoms in total. The van der Waals surface area contributed by atoms with Crippen LogP contribution in [0.1, 0.15) is 17.2 Å². The third-order valence-electron chi connectivity index (χ3n) is 3.07. The van der Waals surface area contributed by atoms with E-state index in [1.54, 1.807) is 54.6 Å². The van der Waals surface area contributed by atoms with Crippen molar-refractivity contribution in [2.24, 2.45) is 0 Å². The van der Waals surface area contributed by atoms with Crippen LogP contribution in [0.5, 0.6) is 0 Å². The molecule has 0 aliphatic carbocycles. The summed E-state index contributed by atoms with van der Waals surface area (Å²) in [6, 6.07) is 16.3. The largest absolute Gasteiger partial charge is 0.468 e. The first-order valence-corrected chi connectivity index (χ1v) is 8.34. The highest BCUT2D eigenvalue weighted by atomic mass is 32.2. The Morgan fingerprint density at radius 2 is 1.59 bits per heavy atom. The molecule has 116 valence electrons. The van der Waals surface area contributed by atoms with Crippen LogP contribution >= 0.6 is 0 Å². The van der Waals surface area contributed by atoms with Crippen molar-refractivity contribution in [3.05, 3.63) is 71.8 Å². The Morgan fingerprint density at radius 1 is 1.05 bits per heavy atom. The molecule has 6 heteroatoms. The van der Waals surface area contributed by atoms with Gasteiger partial charge in [0.2, 0.25) is 10.0 Å². The van der Waals surface area contributed by atoms with Gasteiger partial charge in [-0.15, -0.1) is 0 Å². The Balaban J connectivity index is 2.21. The van der Waals surface area contributed by atoms with Crippen molar-refractivity contribution in [3.8, 4) is 0 Å². The molecule has 0 aliphatic heterocycles. The van der Waals surface area contributed by atoms with Crippen molar-refractivity contribution >= 4 is 16.0 Å². The molecule has 0 saturated heterocycles. The summed E-state index contributed by atoms with van der Waals surface area (Å²) < 4.78 is 31.7. The summed E-state index contributed by atoms with van der Waals surface area (Å²) in [6.07, 6.45) is 0. The van der Waals surface area contributed by atoms with E-state index in [-0.39, 0.29) is 5.75 Å². The maximum atomic E-state index is 12.3. The average molecular weight is 319 g/mol. The number of carbonyl (C=O) groups is 1. The van der Waals surface area contributed by atoms with E-state index >= 15 is 0 Å². The lowest BCUT2D eigenvalue weighted by Crippen LogP contribution is -2.35. The number of esters is 1. The molecule has 0 unspecified atom stereocenters. The Morgan fingerprint density at radius 3 is 2.14 bits per heavy atom. The summed E-state index contributed by atoms with van der Waals surface area (Å²) >= 11 is 0. The van der Waals surface area contributed by atoms with Crippen LogP contribution < -0.4 is 4.72 Å². The zero-order valence-corrected chi connectivity index (χ0v) is 12.9. The molecule has 2 aromatic carbocycles. The summed E-state index contributed by atoms with van der Waals surface area (Å²) in [5.74, 6) is -0.850. The predicted octanol–water partition coefficient (Wildman–Crippen LogP) is 2.02. The third kappa shape index (κ3) is 4.41. The van der Waals surface area contributed by atoms with Gasteiger partial charge < -0.3 is 4.74 Å². The number of rotatable bonds is 6. The number of hydrogen-bond donors (Lipinski definition) is 1. The highest BCUT2D eigenvalue weighted by molar-refractivity contribution is 7.88. The molecule has 0 heterocycles. The van der Waals surface area contributed by atoms with Gasteiger partial charge in [0.05, 0.1) is 12.9 Å².